The number of nitrogens with two attached hydrogens (primary N) is 1. The number of aliphatic hydroxyl groups is 3. The third kappa shape index (κ3) is 3.33. The van der Waals surface area contributed by atoms with E-state index in [2.05, 4.69) is 4.98 Å². The first-order valence-electron chi connectivity index (χ1n) is 11.5. The number of phenols is 1. The number of carbonyl (C=O) groups is 3. The maximum absolute atomic E-state index is 13.9. The van der Waals surface area contributed by atoms with Gasteiger partial charge in [0, 0.05) is 29.4 Å². The summed E-state index contributed by atoms with van der Waals surface area (Å²) in [6.07, 6.45) is 3.18. The van der Waals surface area contributed by atoms with Crippen molar-refractivity contribution >= 4 is 34.8 Å². The second-order valence-electron chi connectivity index (χ2n) is 9.80. The molecule has 192 valence electrons. The van der Waals surface area contributed by atoms with E-state index in [9.17, 15) is 34.8 Å². The van der Waals surface area contributed by atoms with Gasteiger partial charge in [-0.3, -0.25) is 24.3 Å². The molecule has 2 aromatic rings. The van der Waals surface area contributed by atoms with Crippen LogP contribution in [-0.2, 0) is 20.8 Å². The monoisotopic (exact) mass is 525 g/mol. The Hall–Kier alpha value is -3.73. The van der Waals surface area contributed by atoms with Crippen molar-refractivity contribution in [3.63, 3.8) is 0 Å². The third-order valence-corrected chi connectivity index (χ3v) is 7.97. The fourth-order valence-electron chi connectivity index (χ4n) is 6.09. The summed E-state index contributed by atoms with van der Waals surface area (Å²) < 4.78 is 0. The Morgan fingerprint density at radius 3 is 2.49 bits per heavy atom. The van der Waals surface area contributed by atoms with Crippen LogP contribution in [0.1, 0.15) is 17.5 Å². The Kier molecular flexibility index (Phi) is 5.67. The van der Waals surface area contributed by atoms with Crippen molar-refractivity contribution in [2.24, 2.45) is 17.6 Å². The van der Waals surface area contributed by atoms with E-state index in [1.54, 1.807) is 32.4 Å². The predicted molar refractivity (Wildman–Crippen MR) is 132 cm³/mol. The highest BCUT2D eigenvalue weighted by Gasteiger charge is 2.64. The molecule has 0 radical (unpaired) electrons. The maximum Gasteiger partial charge on any atom is 0.255 e. The first kappa shape index (κ1) is 24.9. The van der Waals surface area contributed by atoms with E-state index in [0.29, 0.717) is 21.7 Å². The number of pyridine rings is 1. The van der Waals surface area contributed by atoms with Crippen LogP contribution in [0.15, 0.2) is 47.5 Å². The number of rotatable bonds is 3. The van der Waals surface area contributed by atoms with E-state index in [4.69, 9.17) is 17.3 Å². The summed E-state index contributed by atoms with van der Waals surface area (Å²) in [6.45, 7) is 0. The van der Waals surface area contributed by atoms with Crippen molar-refractivity contribution in [3.05, 3.63) is 63.6 Å². The molecule has 3 aliphatic carbocycles. The minimum absolute atomic E-state index is 0.00154. The molecule has 4 unspecified atom stereocenters. The molecule has 37 heavy (non-hydrogen) atoms. The Morgan fingerprint density at radius 2 is 1.86 bits per heavy atom. The number of benzene rings is 1. The number of halogens is 1. The van der Waals surface area contributed by atoms with E-state index < -0.39 is 58.0 Å². The molecule has 0 aliphatic heterocycles. The lowest BCUT2D eigenvalue weighted by molar-refractivity contribution is -0.153. The van der Waals surface area contributed by atoms with Gasteiger partial charge in [0.1, 0.15) is 22.8 Å². The summed E-state index contributed by atoms with van der Waals surface area (Å²) in [7, 11) is 3.10. The Labute approximate surface area is 216 Å². The maximum atomic E-state index is 13.9. The summed E-state index contributed by atoms with van der Waals surface area (Å²) >= 11 is 6.37. The average molecular weight is 526 g/mol. The van der Waals surface area contributed by atoms with Gasteiger partial charge in [0.2, 0.25) is 5.78 Å². The lowest BCUT2D eigenvalue weighted by atomic mass is 9.57. The second kappa shape index (κ2) is 8.41. The average Bonchev–Trinajstić information content (AvgIpc) is 2.82. The number of fused-ring (bicyclic) bond motifs is 3. The number of likely N-dealkylation sites (N-methyl/N-ethyl adjacent to an activating group) is 1. The van der Waals surface area contributed by atoms with Gasteiger partial charge in [0.15, 0.2) is 11.4 Å². The molecule has 0 spiro atoms. The van der Waals surface area contributed by atoms with Crippen LogP contribution in [0, 0.1) is 11.8 Å². The molecule has 6 N–H and O–H groups in total. The first-order chi connectivity index (χ1) is 17.4. The lowest BCUT2D eigenvalue weighted by Gasteiger charge is -2.50. The number of primary amides is 1. The van der Waals surface area contributed by atoms with Crippen LogP contribution in [0.5, 0.6) is 5.75 Å². The number of phenolic OH excluding ortho intramolecular Hbond substituents is 1. The smallest absolute Gasteiger partial charge is 0.255 e. The zero-order valence-corrected chi connectivity index (χ0v) is 20.7. The van der Waals surface area contributed by atoms with Gasteiger partial charge in [-0.25, -0.2) is 0 Å². The van der Waals surface area contributed by atoms with Gasteiger partial charge in [-0.2, -0.15) is 0 Å². The van der Waals surface area contributed by atoms with Crippen LogP contribution in [0.3, 0.4) is 0 Å². The fraction of sp³-hybridized carbons (Fsp3) is 0.308. The number of hydrogen-bond acceptors (Lipinski definition) is 9. The molecule has 0 saturated heterocycles. The topological polar surface area (TPSA) is 174 Å². The van der Waals surface area contributed by atoms with E-state index in [1.165, 1.54) is 17.2 Å². The molecule has 1 aromatic heterocycles. The Morgan fingerprint density at radius 1 is 1.16 bits per heavy atom. The first-order valence-corrected chi connectivity index (χ1v) is 11.9. The lowest BCUT2D eigenvalue weighted by Crippen LogP contribution is -2.65. The summed E-state index contributed by atoms with van der Waals surface area (Å²) in [5, 5.41) is 44.9. The van der Waals surface area contributed by atoms with Crippen LogP contribution >= 0.6 is 11.6 Å². The molecule has 1 fully saturated rings. The largest absolute Gasteiger partial charge is 0.508 e. The molecule has 1 aromatic carbocycles. The quantitative estimate of drug-likeness (QED) is 0.373. The molecule has 5 rings (SSSR count). The van der Waals surface area contributed by atoms with Crippen molar-refractivity contribution in [1.82, 2.24) is 9.88 Å². The molecular weight excluding hydrogens is 502 g/mol. The molecule has 10 nitrogen and oxygen atoms in total. The minimum atomic E-state index is -2.67. The minimum Gasteiger partial charge on any atom is -0.508 e. The summed E-state index contributed by atoms with van der Waals surface area (Å²) in [6, 6.07) is 3.55. The van der Waals surface area contributed by atoms with Crippen LogP contribution in [-0.4, -0.2) is 73.5 Å². The number of Topliss-reactive ketones (excluding diaryl/α,β-unsaturated/α-hetero) is 2. The molecule has 1 saturated carbocycles. The number of amides is 1. The van der Waals surface area contributed by atoms with Gasteiger partial charge in [-0.05, 0) is 56.1 Å². The van der Waals surface area contributed by atoms with Crippen molar-refractivity contribution in [3.8, 4) is 16.9 Å². The second-order valence-corrected chi connectivity index (χ2v) is 10.2. The van der Waals surface area contributed by atoms with Gasteiger partial charge in [-0.1, -0.05) is 17.7 Å². The molecule has 3 aliphatic rings. The number of aromatic nitrogens is 1. The molecule has 11 heteroatoms. The van der Waals surface area contributed by atoms with Crippen LogP contribution in [0.4, 0.5) is 0 Å². The van der Waals surface area contributed by atoms with E-state index >= 15 is 0 Å². The number of hydrogen-bond donors (Lipinski definition) is 5. The normalized spacial score (nSPS) is 27.2. The predicted octanol–water partition coefficient (Wildman–Crippen LogP) is 1.68. The van der Waals surface area contributed by atoms with Crippen molar-refractivity contribution < 1.29 is 34.8 Å². The van der Waals surface area contributed by atoms with Gasteiger partial charge >= 0.3 is 0 Å². The highest BCUT2D eigenvalue weighted by Crippen LogP contribution is 2.53. The van der Waals surface area contributed by atoms with Crippen molar-refractivity contribution in [1.29, 1.82) is 0 Å². The highest BCUT2D eigenvalue weighted by molar-refractivity contribution is 6.33. The summed E-state index contributed by atoms with van der Waals surface area (Å²) in [5.74, 6) is -6.92. The Bertz CT molecular complexity index is 1460. The molecule has 1 heterocycles. The van der Waals surface area contributed by atoms with Crippen LogP contribution in [0.2, 0.25) is 5.02 Å². The fourth-order valence-corrected chi connectivity index (χ4v) is 6.31. The van der Waals surface area contributed by atoms with E-state index in [1.807, 2.05) is 0 Å². The highest BCUT2D eigenvalue weighted by atomic mass is 35.5. The van der Waals surface area contributed by atoms with Gasteiger partial charge in [0.05, 0.1) is 16.6 Å². The summed E-state index contributed by atoms with van der Waals surface area (Å²) in [4.78, 5) is 44.5. The zero-order valence-electron chi connectivity index (χ0n) is 19.9. The summed E-state index contributed by atoms with van der Waals surface area (Å²) in [5.41, 5.74) is 3.35. The molecular formula is C26H24ClN3O7. The van der Waals surface area contributed by atoms with E-state index in [0.717, 1.165) is 0 Å². The molecule has 0 bridgehead atoms. The van der Waals surface area contributed by atoms with E-state index in [-0.39, 0.29) is 29.7 Å². The zero-order chi connectivity index (χ0) is 27.0. The SMILES string of the molecule is CN(C)C1C(=O)C(C(N)=O)=C(O)C2(O)C(=O)C3=C(O)c4c(O)ccc(-c5ccncc5Cl)c4CC3CC12. The number of aromatic hydroxyl groups is 1. The van der Waals surface area contributed by atoms with Gasteiger partial charge in [-0.15, -0.1) is 0 Å². The number of aliphatic hydroxyl groups excluding tert-OH is 2. The number of nitrogens with zero attached hydrogens (tertiary/aromatic N) is 2. The molecule has 1 amide bonds. The Balaban J connectivity index is 1.76. The number of carbonyl (C=O) groups excluding carboxylic acids is 3. The van der Waals surface area contributed by atoms with Gasteiger partial charge < -0.3 is 26.2 Å². The van der Waals surface area contributed by atoms with Crippen molar-refractivity contribution in [2.45, 2.75) is 24.5 Å². The molecule has 4 atom stereocenters. The standard InChI is InChI=1S/C26H24ClN3O7/c1-30(2)20-14-8-10-7-13-11(12-5-6-29-9-15(12)27)3-4-16(31)18(13)21(32)17(10)23(34)26(14,37)24(35)19(22(20)33)25(28)36/h3-6,9-10,14,20,31-32,35,37H,7-8H2,1-2H3,(H2,28,36). The van der Waals surface area contributed by atoms with Crippen molar-refractivity contribution in [2.75, 3.05) is 14.1 Å². The third-order valence-electron chi connectivity index (χ3n) is 7.67. The van der Waals surface area contributed by atoms with Crippen LogP contribution in [0.25, 0.3) is 16.9 Å². The number of ketones is 2. The van der Waals surface area contributed by atoms with Crippen LogP contribution < -0.4 is 5.73 Å². The van der Waals surface area contributed by atoms with Gasteiger partial charge in [0.25, 0.3) is 5.91 Å².